The van der Waals surface area contributed by atoms with Crippen LogP contribution in [0.4, 0.5) is 0 Å². The third-order valence-electron chi connectivity index (χ3n) is 17.5. The molecule has 14 heteroatoms. The van der Waals surface area contributed by atoms with Crippen molar-refractivity contribution < 1.29 is 14.3 Å². The highest BCUT2D eigenvalue weighted by atomic mass is 35.5. The number of pyridine rings is 1. The minimum Gasteiger partial charge on any atom is -0.401 e. The molecule has 3 aromatic carbocycles. The molecule has 4 aliphatic heterocycles. The molecule has 0 radical (unpaired) electrons. The Bertz CT molecular complexity index is 2860. The summed E-state index contributed by atoms with van der Waals surface area (Å²) in [6.07, 6.45) is 21.1. The number of aromatic nitrogens is 3. The van der Waals surface area contributed by atoms with Crippen molar-refractivity contribution in [3.05, 3.63) is 135 Å². The van der Waals surface area contributed by atoms with Crippen molar-refractivity contribution in [3.63, 3.8) is 0 Å². The van der Waals surface area contributed by atoms with Crippen LogP contribution >= 0.6 is 11.6 Å². The van der Waals surface area contributed by atoms with E-state index in [1.807, 2.05) is 41.4 Å². The van der Waals surface area contributed by atoms with Gasteiger partial charge in [-0.25, -0.2) is 0 Å². The number of nitrogens with zero attached hydrogens (tertiary/aromatic N) is 6. The molecule has 3 unspecified atom stereocenters. The van der Waals surface area contributed by atoms with Crippen molar-refractivity contribution in [1.82, 2.24) is 39.9 Å². The molecular formula is C63H84ClN9O4. The van der Waals surface area contributed by atoms with Crippen molar-refractivity contribution in [2.45, 2.75) is 147 Å². The zero-order chi connectivity index (χ0) is 54.1. The van der Waals surface area contributed by atoms with Gasteiger partial charge in [-0.2, -0.15) is 4.98 Å². The highest BCUT2D eigenvalue weighted by Crippen LogP contribution is 2.52. The fourth-order valence-electron chi connectivity index (χ4n) is 12.9. The van der Waals surface area contributed by atoms with Gasteiger partial charge in [0.25, 0.3) is 5.56 Å². The van der Waals surface area contributed by atoms with Gasteiger partial charge in [-0.3, -0.25) is 28.8 Å². The van der Waals surface area contributed by atoms with Crippen molar-refractivity contribution in [2.24, 2.45) is 17.1 Å². The first kappa shape index (κ1) is 56.1. The summed E-state index contributed by atoms with van der Waals surface area (Å²) < 4.78 is 7.64. The van der Waals surface area contributed by atoms with Gasteiger partial charge in [0.15, 0.2) is 0 Å². The van der Waals surface area contributed by atoms with Crippen LogP contribution in [-0.4, -0.2) is 113 Å². The number of hydrogen-bond acceptors (Lipinski definition) is 10. The van der Waals surface area contributed by atoms with E-state index in [-0.39, 0.29) is 34.4 Å². The van der Waals surface area contributed by atoms with E-state index in [1.54, 1.807) is 12.3 Å². The number of halogens is 1. The molecule has 2 amide bonds. The topological polar surface area (TPSA) is 151 Å². The molecular weight excluding hydrogens is 982 g/mol. The Hall–Kier alpha value is -5.60. The van der Waals surface area contributed by atoms with Crippen LogP contribution in [0, 0.1) is 11.3 Å². The number of carbonyl (C=O) groups excluding carboxylic acids is 2. The van der Waals surface area contributed by atoms with Crippen LogP contribution < -0.4 is 21.9 Å². The van der Waals surface area contributed by atoms with Crippen LogP contribution in [-0.2, 0) is 19.7 Å². The molecule has 11 rings (SSSR count). The van der Waals surface area contributed by atoms with E-state index < -0.39 is 0 Å². The lowest BCUT2D eigenvalue weighted by atomic mass is 9.69. The number of allylic oxidation sites excluding steroid dienone is 1. The second-order valence-corrected chi connectivity index (χ2v) is 24.2. The van der Waals surface area contributed by atoms with Gasteiger partial charge in [-0.05, 0) is 143 Å². The highest BCUT2D eigenvalue weighted by Gasteiger charge is 2.47. The molecule has 13 nitrogen and oxygen atoms in total. The van der Waals surface area contributed by atoms with E-state index in [0.717, 1.165) is 118 Å². The second-order valence-electron chi connectivity index (χ2n) is 23.8. The van der Waals surface area contributed by atoms with Gasteiger partial charge < -0.3 is 30.9 Å². The first-order valence-corrected chi connectivity index (χ1v) is 29.2. The number of morpholine rings is 1. The number of amides is 2. The van der Waals surface area contributed by atoms with Gasteiger partial charge in [0, 0.05) is 55.9 Å². The van der Waals surface area contributed by atoms with Crippen LogP contribution in [0.3, 0.4) is 0 Å². The fraction of sp³-hybridized carbons (Fsp3) is 0.540. The zero-order valence-corrected chi connectivity index (χ0v) is 47.2. The molecule has 5 fully saturated rings. The Labute approximate surface area is 462 Å². The monoisotopic (exact) mass is 1070 g/mol. The number of rotatable bonds is 11. The summed E-state index contributed by atoms with van der Waals surface area (Å²) in [6.45, 7) is 15.8. The zero-order valence-electron chi connectivity index (χ0n) is 46.5. The Morgan fingerprint density at radius 1 is 0.857 bits per heavy atom. The Balaban J connectivity index is 0.000000144. The van der Waals surface area contributed by atoms with E-state index in [1.165, 1.54) is 81.0 Å². The number of fused-ring (bicyclic) bond motifs is 7. The fourth-order valence-corrected chi connectivity index (χ4v) is 13.2. The predicted octanol–water partition coefficient (Wildman–Crippen LogP) is 10.7. The maximum atomic E-state index is 13.1. The Morgan fingerprint density at radius 2 is 1.58 bits per heavy atom. The average Bonchev–Trinajstić information content (AvgIpc) is 4.13. The molecule has 6 aliphatic rings. The van der Waals surface area contributed by atoms with E-state index in [4.69, 9.17) is 27.1 Å². The molecule has 412 valence electrons. The molecule has 4 N–H and O–H groups in total. The summed E-state index contributed by atoms with van der Waals surface area (Å²) >= 11 is 6.48. The molecule has 2 aromatic heterocycles. The molecule has 77 heavy (non-hydrogen) atoms. The minimum absolute atomic E-state index is 0.0108. The lowest BCUT2D eigenvalue weighted by Gasteiger charge is -2.35. The first-order chi connectivity index (χ1) is 37.3. The van der Waals surface area contributed by atoms with Gasteiger partial charge >= 0.3 is 0 Å². The average molecular weight is 1070 g/mol. The quantitative estimate of drug-likeness (QED) is 0.109. The molecule has 5 aromatic rings. The predicted molar refractivity (Wildman–Crippen MR) is 310 cm³/mol. The minimum atomic E-state index is -0.217. The highest BCUT2D eigenvalue weighted by molar-refractivity contribution is 6.35. The Morgan fingerprint density at radius 3 is 2.25 bits per heavy atom. The standard InChI is InChI=1S/C26H28ClN3O.C19H35N3O.C18H21N3O2/c1-29-14-10-17(11-15-29)18-8-9-19-22(16-18)30-21-7-5-6-20(27)23(21)24(31)28-25(30)26(19)12-3-2-4-13-26;1-14-9-8-12-22(14)18(23)17(19(2,3)4)21-13-16(20)15-10-6-5-7-11-15;22-14-20-18(13-21-9-11-23-12-10-21)16-6-4-15(5-7-16)17-3-1-2-8-19-17/h5-9,16-17H,2-4,10-15H2,1H3;13-15,17,21H,5-12,20H2,1-4H3;1-8,14,18H,9-13H2,(H,20,22)/b;16-13-;. The summed E-state index contributed by atoms with van der Waals surface area (Å²) in [5.74, 6) is 2.23. The number of ether oxygens (including phenoxy) is 1. The van der Waals surface area contributed by atoms with Crippen LogP contribution in [0.2, 0.25) is 5.02 Å². The van der Waals surface area contributed by atoms with Crippen LogP contribution in [0.15, 0.2) is 102 Å². The van der Waals surface area contributed by atoms with Crippen LogP contribution in [0.25, 0.3) is 27.8 Å². The summed E-state index contributed by atoms with van der Waals surface area (Å²) in [5.41, 5.74) is 14.7. The number of hydrogen-bond donors (Lipinski definition) is 3. The molecule has 0 bridgehead atoms. The van der Waals surface area contributed by atoms with E-state index >= 15 is 0 Å². The van der Waals surface area contributed by atoms with Gasteiger partial charge in [0.05, 0.1) is 52.0 Å². The molecule has 2 aliphatic carbocycles. The van der Waals surface area contributed by atoms with Gasteiger partial charge in [0.2, 0.25) is 12.3 Å². The molecule has 1 spiro atoms. The summed E-state index contributed by atoms with van der Waals surface area (Å²) in [5, 5.41) is 7.33. The number of likely N-dealkylation sites (tertiary alicyclic amines) is 2. The smallest absolute Gasteiger partial charge is 0.282 e. The van der Waals surface area contributed by atoms with Crippen molar-refractivity contribution >= 4 is 34.8 Å². The molecule has 6 heterocycles. The third-order valence-corrected chi connectivity index (χ3v) is 17.8. The Kier molecular flexibility index (Phi) is 18.6. The number of benzene rings is 3. The van der Waals surface area contributed by atoms with E-state index in [2.05, 4.69) is 107 Å². The lowest BCUT2D eigenvalue weighted by molar-refractivity contribution is -0.136. The van der Waals surface area contributed by atoms with E-state index in [9.17, 15) is 14.4 Å². The number of piperidine rings is 1. The van der Waals surface area contributed by atoms with Gasteiger partial charge in [-0.1, -0.05) is 119 Å². The summed E-state index contributed by atoms with van der Waals surface area (Å²) in [4.78, 5) is 52.8. The lowest BCUT2D eigenvalue weighted by Crippen LogP contribution is -2.52. The molecule has 3 saturated heterocycles. The van der Waals surface area contributed by atoms with Crippen LogP contribution in [0.5, 0.6) is 0 Å². The SMILES string of the molecule is CC1CCCN1C(=O)C(N/C=C(\N)C1CCCCC1)C(C)(C)C.CN1CCC(c2ccc3c(c2)-n2c(nc(=O)c4c(Cl)cccc42)C32CCCCC2)CC1.O=CNC(CN1CCOCC1)c1ccc(-c2ccccn2)cc1. The third kappa shape index (κ3) is 13.0. The second kappa shape index (κ2) is 25.5. The molecule has 3 atom stereocenters. The summed E-state index contributed by atoms with van der Waals surface area (Å²) in [7, 11) is 2.21. The number of carbonyl (C=O) groups is 2. The maximum absolute atomic E-state index is 13.1. The van der Waals surface area contributed by atoms with Crippen molar-refractivity contribution in [3.8, 4) is 16.9 Å². The first-order valence-electron chi connectivity index (χ1n) is 28.8. The molecule has 2 saturated carbocycles. The number of nitrogens with two attached hydrogens (primary N) is 1. The van der Waals surface area contributed by atoms with Crippen molar-refractivity contribution in [2.75, 3.05) is 59.5 Å². The maximum Gasteiger partial charge on any atom is 0.282 e. The number of nitrogens with one attached hydrogen (secondary N) is 2. The largest absolute Gasteiger partial charge is 0.401 e. The summed E-state index contributed by atoms with van der Waals surface area (Å²) in [6, 6.07) is 27.1. The van der Waals surface area contributed by atoms with Gasteiger partial charge in [-0.15, -0.1) is 0 Å². The normalized spacial score (nSPS) is 21.0. The van der Waals surface area contributed by atoms with Crippen LogP contribution in [0.1, 0.15) is 152 Å². The van der Waals surface area contributed by atoms with Gasteiger partial charge in [0.1, 0.15) is 11.9 Å². The van der Waals surface area contributed by atoms with Crippen molar-refractivity contribution in [1.29, 1.82) is 0 Å². The van der Waals surface area contributed by atoms with E-state index in [0.29, 0.717) is 28.3 Å².